The van der Waals surface area contributed by atoms with E-state index in [0.29, 0.717) is 0 Å². The van der Waals surface area contributed by atoms with E-state index < -0.39 is 23.4 Å². The molecule has 0 atom stereocenters. The van der Waals surface area contributed by atoms with Gasteiger partial charge in [0.1, 0.15) is 17.2 Å². The minimum Gasteiger partial charge on any atom is -0.476 e. The van der Waals surface area contributed by atoms with Crippen LogP contribution in [0.15, 0.2) is 0 Å². The standard InChI is InChI=1S/C13H18N4O4/c1-7(2)17-10(15-12(20)21-13(3,4)5)8(6-14)9(16-17)11(18)19/h7H,1-5H3,(H,15,20)(H,18,19). The van der Waals surface area contributed by atoms with Crippen LogP contribution in [0.5, 0.6) is 0 Å². The minimum atomic E-state index is -1.34. The van der Waals surface area contributed by atoms with E-state index in [0.717, 1.165) is 0 Å². The first-order chi connectivity index (χ1) is 9.56. The van der Waals surface area contributed by atoms with Crippen LogP contribution in [-0.2, 0) is 4.74 Å². The van der Waals surface area contributed by atoms with E-state index in [1.165, 1.54) is 4.68 Å². The Kier molecular flexibility index (Phi) is 4.58. The Labute approximate surface area is 122 Å². The maximum Gasteiger partial charge on any atom is 0.413 e. The van der Waals surface area contributed by atoms with Gasteiger partial charge < -0.3 is 9.84 Å². The highest BCUT2D eigenvalue weighted by atomic mass is 16.6. The van der Waals surface area contributed by atoms with Crippen LogP contribution in [0.25, 0.3) is 0 Å². The normalized spacial score (nSPS) is 11.1. The molecule has 0 saturated heterocycles. The number of rotatable bonds is 3. The third-order valence-corrected chi connectivity index (χ3v) is 2.33. The van der Waals surface area contributed by atoms with Gasteiger partial charge in [0.25, 0.3) is 0 Å². The van der Waals surface area contributed by atoms with Gasteiger partial charge in [0.2, 0.25) is 0 Å². The van der Waals surface area contributed by atoms with Gasteiger partial charge in [0.05, 0.1) is 0 Å². The number of hydrogen-bond acceptors (Lipinski definition) is 5. The highest BCUT2D eigenvalue weighted by Crippen LogP contribution is 2.24. The highest BCUT2D eigenvalue weighted by molar-refractivity contribution is 5.93. The summed E-state index contributed by atoms with van der Waals surface area (Å²) in [7, 11) is 0. The van der Waals surface area contributed by atoms with E-state index in [1.54, 1.807) is 40.7 Å². The number of nitriles is 1. The number of nitrogens with zero attached hydrogens (tertiary/aromatic N) is 3. The van der Waals surface area contributed by atoms with Gasteiger partial charge in [-0.25, -0.2) is 14.3 Å². The van der Waals surface area contributed by atoms with E-state index in [9.17, 15) is 9.59 Å². The van der Waals surface area contributed by atoms with Crippen LogP contribution in [0.1, 0.15) is 56.7 Å². The summed E-state index contributed by atoms with van der Waals surface area (Å²) < 4.78 is 6.37. The van der Waals surface area contributed by atoms with Crippen LogP contribution in [-0.4, -0.2) is 32.6 Å². The second kappa shape index (κ2) is 5.83. The van der Waals surface area contributed by atoms with Gasteiger partial charge in [0, 0.05) is 6.04 Å². The fourth-order valence-electron chi connectivity index (χ4n) is 1.58. The third kappa shape index (κ3) is 3.95. The number of aromatic nitrogens is 2. The molecule has 21 heavy (non-hydrogen) atoms. The maximum atomic E-state index is 11.8. The number of hydrogen-bond donors (Lipinski definition) is 2. The van der Waals surface area contributed by atoms with Crippen molar-refractivity contribution >= 4 is 17.9 Å². The Morgan fingerprint density at radius 2 is 2.00 bits per heavy atom. The number of ether oxygens (including phenoxy) is 1. The first-order valence-electron chi connectivity index (χ1n) is 6.32. The van der Waals surface area contributed by atoms with Crippen molar-refractivity contribution in [2.24, 2.45) is 0 Å². The van der Waals surface area contributed by atoms with Gasteiger partial charge in [-0.3, -0.25) is 5.32 Å². The number of carbonyl (C=O) groups excluding carboxylic acids is 1. The summed E-state index contributed by atoms with van der Waals surface area (Å²) in [6.45, 7) is 8.58. The number of nitrogens with one attached hydrogen (secondary N) is 1. The minimum absolute atomic E-state index is 0.0131. The molecule has 0 aromatic carbocycles. The average Bonchev–Trinajstić information content (AvgIpc) is 2.64. The molecule has 0 radical (unpaired) electrons. The molecule has 8 heteroatoms. The van der Waals surface area contributed by atoms with Crippen molar-refractivity contribution < 1.29 is 19.4 Å². The summed E-state index contributed by atoms with van der Waals surface area (Å²) in [5, 5.41) is 24.4. The average molecular weight is 294 g/mol. The summed E-state index contributed by atoms with van der Waals surface area (Å²) in [4.78, 5) is 22.9. The molecule has 1 aromatic heterocycles. The second-order valence-corrected chi connectivity index (χ2v) is 5.65. The third-order valence-electron chi connectivity index (χ3n) is 2.33. The van der Waals surface area contributed by atoms with E-state index in [-0.39, 0.29) is 17.4 Å². The van der Waals surface area contributed by atoms with Gasteiger partial charge in [-0.1, -0.05) is 0 Å². The van der Waals surface area contributed by atoms with E-state index >= 15 is 0 Å². The molecule has 8 nitrogen and oxygen atoms in total. The molecule has 0 aliphatic carbocycles. The van der Waals surface area contributed by atoms with Crippen LogP contribution in [0.3, 0.4) is 0 Å². The highest BCUT2D eigenvalue weighted by Gasteiger charge is 2.26. The molecule has 1 amide bonds. The van der Waals surface area contributed by atoms with Gasteiger partial charge >= 0.3 is 12.1 Å². The lowest BCUT2D eigenvalue weighted by atomic mass is 10.2. The lowest BCUT2D eigenvalue weighted by Crippen LogP contribution is -2.28. The smallest absolute Gasteiger partial charge is 0.413 e. The molecule has 0 saturated carbocycles. The molecular weight excluding hydrogens is 276 g/mol. The predicted octanol–water partition coefficient (Wildman–Crippen LogP) is 2.38. The molecule has 0 spiro atoms. The Morgan fingerprint density at radius 1 is 1.43 bits per heavy atom. The van der Waals surface area contributed by atoms with E-state index in [1.807, 2.05) is 0 Å². The van der Waals surface area contributed by atoms with Gasteiger partial charge in [-0.05, 0) is 34.6 Å². The van der Waals surface area contributed by atoms with Gasteiger partial charge in [-0.15, -0.1) is 0 Å². The quantitative estimate of drug-likeness (QED) is 0.883. The van der Waals surface area contributed by atoms with Gasteiger partial charge in [0.15, 0.2) is 11.5 Å². The number of carbonyl (C=O) groups is 2. The van der Waals surface area contributed by atoms with Crippen molar-refractivity contribution in [3.8, 4) is 6.07 Å². The van der Waals surface area contributed by atoms with E-state index in [2.05, 4.69) is 10.4 Å². The zero-order chi connectivity index (χ0) is 16.4. The summed E-state index contributed by atoms with van der Waals surface area (Å²) in [5.41, 5.74) is -1.32. The fourth-order valence-corrected chi connectivity index (χ4v) is 1.58. The van der Waals surface area contributed by atoms with Crippen molar-refractivity contribution in [1.29, 1.82) is 5.26 Å². The predicted molar refractivity (Wildman–Crippen MR) is 74.1 cm³/mol. The van der Waals surface area contributed by atoms with Crippen LogP contribution >= 0.6 is 0 Å². The van der Waals surface area contributed by atoms with Crippen LogP contribution < -0.4 is 5.32 Å². The van der Waals surface area contributed by atoms with Crippen molar-refractivity contribution in [1.82, 2.24) is 9.78 Å². The topological polar surface area (TPSA) is 117 Å². The van der Waals surface area contributed by atoms with Crippen LogP contribution in [0.2, 0.25) is 0 Å². The molecule has 1 rings (SSSR count). The first kappa shape index (κ1) is 16.5. The molecule has 1 aromatic rings. The number of carboxylic acid groups (broad SMARTS) is 1. The zero-order valence-electron chi connectivity index (χ0n) is 12.6. The summed E-state index contributed by atoms with van der Waals surface area (Å²) in [5.74, 6) is -1.32. The molecule has 2 N–H and O–H groups in total. The number of anilines is 1. The Morgan fingerprint density at radius 3 is 2.38 bits per heavy atom. The second-order valence-electron chi connectivity index (χ2n) is 5.65. The summed E-state index contributed by atoms with van der Waals surface area (Å²) in [6.07, 6.45) is -0.780. The van der Waals surface area contributed by atoms with Crippen molar-refractivity contribution in [2.45, 2.75) is 46.3 Å². The Balaban J connectivity index is 3.24. The molecule has 114 valence electrons. The largest absolute Gasteiger partial charge is 0.476 e. The first-order valence-corrected chi connectivity index (χ1v) is 6.32. The van der Waals surface area contributed by atoms with Crippen molar-refractivity contribution in [3.63, 3.8) is 0 Å². The molecule has 1 heterocycles. The lowest BCUT2D eigenvalue weighted by Gasteiger charge is -2.20. The number of aromatic carboxylic acids is 1. The van der Waals surface area contributed by atoms with Gasteiger partial charge in [-0.2, -0.15) is 10.4 Å². The molecule has 0 bridgehead atoms. The zero-order valence-corrected chi connectivity index (χ0v) is 12.6. The molecular formula is C13H18N4O4. The molecule has 0 aliphatic heterocycles. The Hall–Kier alpha value is -2.56. The van der Waals surface area contributed by atoms with Crippen LogP contribution in [0.4, 0.5) is 10.6 Å². The van der Waals surface area contributed by atoms with Crippen LogP contribution in [0, 0.1) is 11.3 Å². The SMILES string of the molecule is CC(C)n1nc(C(=O)O)c(C#N)c1NC(=O)OC(C)(C)C. The summed E-state index contributed by atoms with van der Waals surface area (Å²) in [6, 6.07) is 1.51. The molecule has 0 aliphatic rings. The number of carboxylic acids is 1. The Bertz CT molecular complexity index is 605. The monoisotopic (exact) mass is 294 g/mol. The van der Waals surface area contributed by atoms with Crippen molar-refractivity contribution in [3.05, 3.63) is 11.3 Å². The lowest BCUT2D eigenvalue weighted by molar-refractivity contribution is 0.0632. The molecule has 0 fully saturated rings. The van der Waals surface area contributed by atoms with E-state index in [4.69, 9.17) is 15.1 Å². The maximum absolute atomic E-state index is 11.8. The fraction of sp³-hybridized carbons (Fsp3) is 0.538. The molecule has 0 unspecified atom stereocenters. The summed E-state index contributed by atoms with van der Waals surface area (Å²) >= 11 is 0. The van der Waals surface area contributed by atoms with Crippen molar-refractivity contribution in [2.75, 3.05) is 5.32 Å². The number of amides is 1.